The average Bonchev–Trinajstić information content (AvgIpc) is 3.05. The average molecular weight is 323 g/mol. The van der Waals surface area contributed by atoms with Crippen LogP contribution >= 0.6 is 0 Å². The molecule has 1 saturated heterocycles. The van der Waals surface area contributed by atoms with Crippen LogP contribution in [-0.4, -0.2) is 72.9 Å². The SMILES string of the molecule is OC[C@H]1O[C@@H](On2cc(-c3ccccc3)nn2)[C@H](O)[C@@H](O)[C@@H]1O. The summed E-state index contributed by atoms with van der Waals surface area (Å²) in [4.78, 5) is 6.30. The van der Waals surface area contributed by atoms with E-state index in [9.17, 15) is 15.3 Å². The summed E-state index contributed by atoms with van der Waals surface area (Å²) >= 11 is 0. The number of benzene rings is 1. The summed E-state index contributed by atoms with van der Waals surface area (Å²) < 4.78 is 5.23. The van der Waals surface area contributed by atoms with Gasteiger partial charge in [-0.15, -0.1) is 5.10 Å². The summed E-state index contributed by atoms with van der Waals surface area (Å²) in [7, 11) is 0. The highest BCUT2D eigenvalue weighted by Gasteiger charge is 2.45. The molecule has 5 atom stereocenters. The Hall–Kier alpha value is -2.04. The normalized spacial score (nSPS) is 31.0. The number of aromatic nitrogens is 3. The lowest BCUT2D eigenvalue weighted by Crippen LogP contribution is -2.61. The first-order chi connectivity index (χ1) is 11.1. The molecule has 2 aromatic rings. The van der Waals surface area contributed by atoms with E-state index in [4.69, 9.17) is 14.7 Å². The zero-order valence-electron chi connectivity index (χ0n) is 12.0. The fourth-order valence-electron chi connectivity index (χ4n) is 2.30. The van der Waals surface area contributed by atoms with Gasteiger partial charge in [0.2, 0.25) is 0 Å². The van der Waals surface area contributed by atoms with Crippen molar-refractivity contribution in [3.8, 4) is 11.3 Å². The molecule has 4 N–H and O–H groups in total. The van der Waals surface area contributed by atoms with Crippen molar-refractivity contribution < 1.29 is 30.0 Å². The summed E-state index contributed by atoms with van der Waals surface area (Å²) in [6, 6.07) is 9.28. The van der Waals surface area contributed by atoms with Gasteiger partial charge in [-0.05, 0) is 5.21 Å². The van der Waals surface area contributed by atoms with Crippen LogP contribution in [0, 0.1) is 0 Å². The van der Waals surface area contributed by atoms with E-state index >= 15 is 0 Å². The summed E-state index contributed by atoms with van der Waals surface area (Å²) in [5.41, 5.74) is 1.38. The first-order valence-electron chi connectivity index (χ1n) is 7.05. The molecular formula is C14H17N3O6. The molecule has 1 aromatic heterocycles. The Labute approximate surface area is 131 Å². The van der Waals surface area contributed by atoms with Crippen molar-refractivity contribution in [3.63, 3.8) is 0 Å². The third kappa shape index (κ3) is 3.19. The Morgan fingerprint density at radius 2 is 1.83 bits per heavy atom. The maximum absolute atomic E-state index is 9.90. The molecule has 0 spiro atoms. The minimum absolute atomic E-state index is 0.530. The zero-order chi connectivity index (χ0) is 16.4. The second kappa shape index (κ2) is 6.60. The smallest absolute Gasteiger partial charge is 0.256 e. The Morgan fingerprint density at radius 3 is 2.52 bits per heavy atom. The van der Waals surface area contributed by atoms with Gasteiger partial charge in [-0.25, -0.2) is 0 Å². The first kappa shape index (κ1) is 15.8. The van der Waals surface area contributed by atoms with Crippen LogP contribution in [0.2, 0.25) is 0 Å². The van der Waals surface area contributed by atoms with E-state index in [1.807, 2.05) is 30.3 Å². The Balaban J connectivity index is 1.73. The van der Waals surface area contributed by atoms with Crippen LogP contribution in [0.4, 0.5) is 0 Å². The molecule has 0 aliphatic carbocycles. The minimum atomic E-state index is -1.51. The van der Waals surface area contributed by atoms with Gasteiger partial charge >= 0.3 is 0 Å². The summed E-state index contributed by atoms with van der Waals surface area (Å²) in [6.45, 7) is -0.530. The second-order valence-corrected chi connectivity index (χ2v) is 5.18. The molecule has 0 bridgehead atoms. The quantitative estimate of drug-likeness (QED) is 0.517. The molecule has 1 aromatic carbocycles. The van der Waals surface area contributed by atoms with E-state index in [1.165, 1.54) is 6.20 Å². The maximum atomic E-state index is 9.90. The highest BCUT2D eigenvalue weighted by molar-refractivity contribution is 5.56. The maximum Gasteiger partial charge on any atom is 0.256 e. The molecule has 1 aliphatic heterocycles. The van der Waals surface area contributed by atoms with Gasteiger partial charge in [0.1, 0.15) is 30.1 Å². The van der Waals surface area contributed by atoms with Crippen LogP contribution < -0.4 is 4.84 Å². The van der Waals surface area contributed by atoms with Gasteiger partial charge in [-0.3, -0.25) is 0 Å². The van der Waals surface area contributed by atoms with Crippen molar-refractivity contribution in [1.29, 1.82) is 0 Å². The molecule has 9 heteroatoms. The first-order valence-corrected chi connectivity index (χ1v) is 7.05. The topological polar surface area (TPSA) is 130 Å². The predicted octanol–water partition coefficient (Wildman–Crippen LogP) is -1.83. The van der Waals surface area contributed by atoms with E-state index in [0.29, 0.717) is 5.69 Å². The van der Waals surface area contributed by atoms with Crippen LogP contribution in [0.1, 0.15) is 0 Å². The van der Waals surface area contributed by atoms with Crippen LogP contribution in [-0.2, 0) is 4.74 Å². The van der Waals surface area contributed by atoms with Crippen molar-refractivity contribution in [2.75, 3.05) is 6.61 Å². The summed E-state index contributed by atoms with van der Waals surface area (Å²) in [5.74, 6) is 0. The monoisotopic (exact) mass is 323 g/mol. The van der Waals surface area contributed by atoms with Crippen molar-refractivity contribution >= 4 is 0 Å². The third-order valence-corrected chi connectivity index (χ3v) is 3.60. The van der Waals surface area contributed by atoms with Crippen molar-refractivity contribution in [2.24, 2.45) is 0 Å². The highest BCUT2D eigenvalue weighted by Crippen LogP contribution is 2.21. The Morgan fingerprint density at radius 1 is 1.09 bits per heavy atom. The number of rotatable bonds is 4. The highest BCUT2D eigenvalue weighted by atomic mass is 16.8. The number of aliphatic hydroxyl groups excluding tert-OH is 4. The van der Waals surface area contributed by atoms with Gasteiger partial charge in [0.25, 0.3) is 6.29 Å². The number of hydrogen-bond acceptors (Lipinski definition) is 8. The number of nitrogens with zero attached hydrogens (tertiary/aromatic N) is 3. The van der Waals surface area contributed by atoms with Crippen molar-refractivity contribution in [1.82, 2.24) is 15.2 Å². The van der Waals surface area contributed by atoms with Crippen molar-refractivity contribution in [3.05, 3.63) is 36.5 Å². The standard InChI is InChI=1S/C14H17N3O6/c18-7-10-11(19)12(20)13(21)14(22-10)23-17-6-9(15-16-17)8-4-2-1-3-5-8/h1-6,10-14,18-21H,7H2/t10-,11-,12+,13-,14+/m1/s1. The third-order valence-electron chi connectivity index (χ3n) is 3.60. The Kier molecular flexibility index (Phi) is 4.55. The fraction of sp³-hybridized carbons (Fsp3) is 0.429. The Bertz CT molecular complexity index is 634. The van der Waals surface area contributed by atoms with E-state index in [1.54, 1.807) is 0 Å². The van der Waals surface area contributed by atoms with Gasteiger partial charge in [0, 0.05) is 5.56 Å². The van der Waals surface area contributed by atoms with Gasteiger partial charge in [-0.1, -0.05) is 35.2 Å². The largest absolute Gasteiger partial charge is 0.394 e. The zero-order valence-corrected chi connectivity index (χ0v) is 12.0. The number of hydrogen-bond donors (Lipinski definition) is 4. The van der Waals surface area contributed by atoms with Crippen molar-refractivity contribution in [2.45, 2.75) is 30.7 Å². The number of aliphatic hydroxyl groups is 4. The number of ether oxygens (including phenoxy) is 1. The molecular weight excluding hydrogens is 306 g/mol. The molecule has 23 heavy (non-hydrogen) atoms. The van der Waals surface area contributed by atoms with E-state index in [2.05, 4.69) is 10.3 Å². The lowest BCUT2D eigenvalue weighted by molar-refractivity contribution is -0.303. The van der Waals surface area contributed by atoms with E-state index < -0.39 is 37.3 Å². The summed E-state index contributed by atoms with van der Waals surface area (Å²) in [6.07, 6.45) is -5.33. The lowest BCUT2D eigenvalue weighted by atomic mass is 9.99. The molecule has 124 valence electrons. The van der Waals surface area contributed by atoms with Gasteiger partial charge in [0.05, 0.1) is 12.8 Å². The van der Waals surface area contributed by atoms with Gasteiger partial charge in [-0.2, -0.15) is 0 Å². The molecule has 1 aliphatic rings. The fourth-order valence-corrected chi connectivity index (χ4v) is 2.30. The van der Waals surface area contributed by atoms with E-state index in [-0.39, 0.29) is 0 Å². The molecule has 0 saturated carbocycles. The minimum Gasteiger partial charge on any atom is -0.394 e. The van der Waals surface area contributed by atoms with Gasteiger partial charge in [0.15, 0.2) is 0 Å². The molecule has 1 fully saturated rings. The van der Waals surface area contributed by atoms with Crippen LogP contribution in [0.5, 0.6) is 0 Å². The van der Waals surface area contributed by atoms with Crippen LogP contribution in [0.25, 0.3) is 11.3 Å². The lowest BCUT2D eigenvalue weighted by Gasteiger charge is -2.38. The molecule has 3 rings (SSSR count). The molecule has 0 unspecified atom stereocenters. The molecule has 0 amide bonds. The second-order valence-electron chi connectivity index (χ2n) is 5.18. The molecule has 9 nitrogen and oxygen atoms in total. The molecule has 2 heterocycles. The molecule has 0 radical (unpaired) electrons. The summed E-state index contributed by atoms with van der Waals surface area (Å²) in [5, 5.41) is 46.2. The predicted molar refractivity (Wildman–Crippen MR) is 75.8 cm³/mol. The van der Waals surface area contributed by atoms with Crippen LogP contribution in [0.3, 0.4) is 0 Å². The van der Waals surface area contributed by atoms with Crippen LogP contribution in [0.15, 0.2) is 36.5 Å². The van der Waals surface area contributed by atoms with E-state index in [0.717, 1.165) is 10.4 Å². The van der Waals surface area contributed by atoms with Gasteiger partial charge < -0.3 is 30.0 Å².